The molecular formula is C19H16BrClN2O4. The number of anilines is 2. The highest BCUT2D eigenvalue weighted by Gasteiger charge is 2.36. The van der Waals surface area contributed by atoms with Crippen molar-refractivity contribution in [2.75, 3.05) is 23.4 Å². The molecule has 2 amide bonds. The molecule has 6 nitrogen and oxygen atoms in total. The Morgan fingerprint density at radius 2 is 1.96 bits per heavy atom. The van der Waals surface area contributed by atoms with Crippen LogP contribution in [0.4, 0.5) is 11.4 Å². The van der Waals surface area contributed by atoms with Gasteiger partial charge in [-0.1, -0.05) is 33.6 Å². The molecule has 1 heterocycles. The normalized spacial score (nSPS) is 16.3. The summed E-state index contributed by atoms with van der Waals surface area (Å²) in [7, 11) is 0. The van der Waals surface area contributed by atoms with Crippen molar-refractivity contribution in [3.63, 3.8) is 0 Å². The maximum Gasteiger partial charge on any atom is 0.311 e. The fraction of sp³-hybridized carbons (Fsp3) is 0.211. The van der Waals surface area contributed by atoms with Gasteiger partial charge in [-0.2, -0.15) is 0 Å². The average molecular weight is 452 g/mol. The van der Waals surface area contributed by atoms with Crippen LogP contribution in [0.2, 0.25) is 5.02 Å². The Balaban J connectivity index is 1.52. The topological polar surface area (TPSA) is 75.7 Å². The van der Waals surface area contributed by atoms with E-state index in [1.165, 1.54) is 4.90 Å². The number of esters is 1. The molecular weight excluding hydrogens is 436 g/mol. The standard InChI is InChI=1S/C19H16BrClN2O4/c20-13-4-6-15(7-5-13)22-17(24)11-27-19(26)12-8-18(25)23(10-12)16-3-1-2-14(21)9-16/h1-7,9,12H,8,10-11H2,(H,22,24)/t12-/m0/s1. The molecule has 0 bridgehead atoms. The lowest BCUT2D eigenvalue weighted by atomic mass is 10.1. The first kappa shape index (κ1) is 19.4. The van der Waals surface area contributed by atoms with Crippen molar-refractivity contribution in [2.45, 2.75) is 6.42 Å². The lowest BCUT2D eigenvalue weighted by molar-refractivity contribution is -0.151. The number of nitrogens with one attached hydrogen (secondary N) is 1. The molecule has 0 radical (unpaired) electrons. The number of ether oxygens (including phenoxy) is 1. The van der Waals surface area contributed by atoms with Gasteiger partial charge in [-0.25, -0.2) is 0 Å². The second-order valence-corrected chi connectivity index (χ2v) is 7.40. The van der Waals surface area contributed by atoms with E-state index in [2.05, 4.69) is 21.2 Å². The molecule has 1 fully saturated rings. The summed E-state index contributed by atoms with van der Waals surface area (Å²) in [5.41, 5.74) is 1.23. The van der Waals surface area contributed by atoms with Crippen molar-refractivity contribution in [3.8, 4) is 0 Å². The Morgan fingerprint density at radius 3 is 2.67 bits per heavy atom. The molecule has 27 heavy (non-hydrogen) atoms. The number of carbonyl (C=O) groups excluding carboxylic acids is 3. The maximum absolute atomic E-state index is 12.2. The third-order valence-corrected chi connectivity index (χ3v) is 4.82. The fourth-order valence-corrected chi connectivity index (χ4v) is 3.19. The van der Waals surface area contributed by atoms with Crippen LogP contribution in [0.15, 0.2) is 53.0 Å². The van der Waals surface area contributed by atoms with E-state index in [1.54, 1.807) is 48.5 Å². The maximum atomic E-state index is 12.2. The molecule has 2 aromatic rings. The summed E-state index contributed by atoms with van der Waals surface area (Å²) in [6.07, 6.45) is 0.0413. The van der Waals surface area contributed by atoms with Crippen LogP contribution in [0.25, 0.3) is 0 Å². The lowest BCUT2D eigenvalue weighted by Crippen LogP contribution is -2.28. The van der Waals surface area contributed by atoms with Crippen LogP contribution < -0.4 is 10.2 Å². The van der Waals surface area contributed by atoms with Crippen molar-refractivity contribution in [3.05, 3.63) is 58.0 Å². The Bertz CT molecular complexity index is 872. The molecule has 0 unspecified atom stereocenters. The number of nitrogens with zero attached hydrogens (tertiary/aromatic N) is 1. The summed E-state index contributed by atoms with van der Waals surface area (Å²) in [6.45, 7) is -0.205. The molecule has 8 heteroatoms. The van der Waals surface area contributed by atoms with Crippen LogP contribution in [0, 0.1) is 5.92 Å². The molecule has 0 aromatic heterocycles. The molecule has 3 rings (SSSR count). The first-order valence-corrected chi connectivity index (χ1v) is 9.37. The summed E-state index contributed by atoms with van der Waals surface area (Å²) < 4.78 is 5.97. The summed E-state index contributed by atoms with van der Waals surface area (Å²) >= 11 is 9.26. The average Bonchev–Trinajstić information content (AvgIpc) is 3.03. The molecule has 0 saturated carbocycles. The van der Waals surface area contributed by atoms with Gasteiger partial charge in [0.2, 0.25) is 5.91 Å². The van der Waals surface area contributed by atoms with E-state index in [9.17, 15) is 14.4 Å². The number of benzene rings is 2. The summed E-state index contributed by atoms with van der Waals surface area (Å²) in [4.78, 5) is 37.8. The second kappa shape index (κ2) is 8.54. The van der Waals surface area contributed by atoms with E-state index in [0.29, 0.717) is 16.4 Å². The van der Waals surface area contributed by atoms with Crippen LogP contribution in [0.1, 0.15) is 6.42 Å². The van der Waals surface area contributed by atoms with Crippen molar-refractivity contribution in [2.24, 2.45) is 5.92 Å². The van der Waals surface area contributed by atoms with Crippen LogP contribution >= 0.6 is 27.5 Å². The van der Waals surface area contributed by atoms with Gasteiger partial charge in [0.25, 0.3) is 5.91 Å². The largest absolute Gasteiger partial charge is 0.455 e. The van der Waals surface area contributed by atoms with Crippen molar-refractivity contribution in [1.82, 2.24) is 0 Å². The van der Waals surface area contributed by atoms with E-state index in [0.717, 1.165) is 4.47 Å². The summed E-state index contributed by atoms with van der Waals surface area (Å²) in [6, 6.07) is 13.9. The van der Waals surface area contributed by atoms with Crippen LogP contribution in [0.5, 0.6) is 0 Å². The van der Waals surface area contributed by atoms with E-state index in [1.807, 2.05) is 0 Å². The Morgan fingerprint density at radius 1 is 1.22 bits per heavy atom. The van der Waals surface area contributed by atoms with E-state index < -0.39 is 24.4 Å². The third kappa shape index (κ3) is 5.08. The number of hydrogen-bond donors (Lipinski definition) is 1. The zero-order valence-corrected chi connectivity index (χ0v) is 16.5. The molecule has 0 aliphatic carbocycles. The highest BCUT2D eigenvalue weighted by Crippen LogP contribution is 2.27. The van der Waals surface area contributed by atoms with Crippen LogP contribution in [0.3, 0.4) is 0 Å². The molecule has 1 saturated heterocycles. The minimum atomic E-state index is -0.614. The zero-order chi connectivity index (χ0) is 19.4. The fourth-order valence-electron chi connectivity index (χ4n) is 2.74. The van der Waals surface area contributed by atoms with Crippen LogP contribution in [-0.4, -0.2) is 30.9 Å². The number of halogens is 2. The summed E-state index contributed by atoms with van der Waals surface area (Å²) in [5, 5.41) is 3.15. The first-order chi connectivity index (χ1) is 12.9. The van der Waals surface area contributed by atoms with Gasteiger partial charge in [0, 0.05) is 33.8 Å². The number of carbonyl (C=O) groups is 3. The van der Waals surface area contributed by atoms with E-state index in [4.69, 9.17) is 16.3 Å². The lowest BCUT2D eigenvalue weighted by Gasteiger charge is -2.16. The molecule has 1 aliphatic rings. The third-order valence-electron chi connectivity index (χ3n) is 4.05. The SMILES string of the molecule is O=C(COC(=O)[C@H]1CC(=O)N(c2cccc(Cl)c2)C1)Nc1ccc(Br)cc1. The van der Waals surface area contributed by atoms with Gasteiger partial charge < -0.3 is 15.0 Å². The van der Waals surface area contributed by atoms with Gasteiger partial charge in [0.1, 0.15) is 0 Å². The molecule has 0 spiro atoms. The second-order valence-electron chi connectivity index (χ2n) is 6.05. The highest BCUT2D eigenvalue weighted by molar-refractivity contribution is 9.10. The molecule has 1 atom stereocenters. The van der Waals surface area contributed by atoms with Gasteiger partial charge >= 0.3 is 5.97 Å². The van der Waals surface area contributed by atoms with Crippen molar-refractivity contribution < 1.29 is 19.1 Å². The molecule has 1 aliphatic heterocycles. The minimum absolute atomic E-state index is 0.0413. The number of hydrogen-bond acceptors (Lipinski definition) is 4. The van der Waals surface area contributed by atoms with Gasteiger partial charge in [-0.15, -0.1) is 0 Å². The first-order valence-electron chi connectivity index (χ1n) is 8.20. The Hall–Kier alpha value is -2.38. The number of amides is 2. The van der Waals surface area contributed by atoms with Crippen molar-refractivity contribution >= 4 is 56.7 Å². The minimum Gasteiger partial charge on any atom is -0.455 e. The van der Waals surface area contributed by atoms with Crippen molar-refractivity contribution in [1.29, 1.82) is 0 Å². The number of rotatable bonds is 5. The highest BCUT2D eigenvalue weighted by atomic mass is 79.9. The van der Waals surface area contributed by atoms with Gasteiger partial charge in [-0.3, -0.25) is 14.4 Å². The zero-order valence-electron chi connectivity index (χ0n) is 14.2. The monoisotopic (exact) mass is 450 g/mol. The van der Waals surface area contributed by atoms with Crippen LogP contribution in [-0.2, 0) is 19.1 Å². The predicted octanol–water partition coefficient (Wildman–Crippen LogP) is 3.64. The quantitative estimate of drug-likeness (QED) is 0.704. The Labute approximate surface area is 169 Å². The molecule has 2 aromatic carbocycles. The predicted molar refractivity (Wildman–Crippen MR) is 106 cm³/mol. The van der Waals surface area contributed by atoms with Gasteiger partial charge in [0.05, 0.1) is 5.92 Å². The van der Waals surface area contributed by atoms with E-state index in [-0.39, 0.29) is 18.9 Å². The van der Waals surface area contributed by atoms with Gasteiger partial charge in [-0.05, 0) is 42.5 Å². The molecule has 1 N–H and O–H groups in total. The Kier molecular flexibility index (Phi) is 6.13. The van der Waals surface area contributed by atoms with E-state index >= 15 is 0 Å². The summed E-state index contributed by atoms with van der Waals surface area (Å²) in [5.74, 6) is -1.81. The van der Waals surface area contributed by atoms with Gasteiger partial charge in [0.15, 0.2) is 6.61 Å². The molecule has 140 valence electrons. The smallest absolute Gasteiger partial charge is 0.311 e.